The summed E-state index contributed by atoms with van der Waals surface area (Å²) in [6.45, 7) is 0. The van der Waals surface area contributed by atoms with Gasteiger partial charge in [-0.25, -0.2) is 4.99 Å². The summed E-state index contributed by atoms with van der Waals surface area (Å²) in [5.74, 6) is 0.826. The maximum absolute atomic E-state index is 6.59. The molecule has 2 N–H and O–H groups in total. The van der Waals surface area contributed by atoms with Crippen LogP contribution in [0.3, 0.4) is 0 Å². The Hall–Kier alpha value is -6.63. The van der Waals surface area contributed by atoms with Crippen LogP contribution in [0.15, 0.2) is 170 Å². The Morgan fingerprint density at radius 2 is 1.12 bits per heavy atom. The van der Waals surface area contributed by atoms with Crippen LogP contribution in [-0.2, 0) is 0 Å². The van der Waals surface area contributed by atoms with Crippen molar-refractivity contribution < 1.29 is 13.3 Å². The molecule has 6 heteroatoms. The Balaban J connectivity index is 1.02. The summed E-state index contributed by atoms with van der Waals surface area (Å²) in [6, 6.07) is 52.1. The van der Waals surface area contributed by atoms with Crippen molar-refractivity contribution in [3.05, 3.63) is 168 Å². The van der Waals surface area contributed by atoms with E-state index in [0.29, 0.717) is 0 Å². The molecular weight excluding hydrogens is 631 g/mol. The molecule has 1 aliphatic heterocycles. The number of nitrogens with one attached hydrogen (secondary N) is 2. The summed E-state index contributed by atoms with van der Waals surface area (Å²) in [6.07, 6.45) is -0.535. The third-order valence-corrected chi connectivity index (χ3v) is 10.2. The van der Waals surface area contributed by atoms with Gasteiger partial charge in [0.15, 0.2) is 0 Å². The highest BCUT2D eigenvalue weighted by atomic mass is 16.3. The van der Waals surface area contributed by atoms with E-state index in [-0.39, 0.29) is 12.3 Å². The van der Waals surface area contributed by atoms with E-state index in [1.165, 1.54) is 0 Å². The minimum atomic E-state index is -0.299. The van der Waals surface area contributed by atoms with Crippen molar-refractivity contribution >= 4 is 71.7 Å². The van der Waals surface area contributed by atoms with Crippen molar-refractivity contribution in [1.82, 2.24) is 10.6 Å². The van der Waals surface area contributed by atoms with Gasteiger partial charge in [-0.15, -0.1) is 0 Å². The zero-order valence-electron chi connectivity index (χ0n) is 27.3. The van der Waals surface area contributed by atoms with Gasteiger partial charge in [-0.3, -0.25) is 5.32 Å². The van der Waals surface area contributed by atoms with Gasteiger partial charge in [-0.2, -0.15) is 0 Å². The number of rotatable bonds is 4. The van der Waals surface area contributed by atoms with Crippen LogP contribution in [0.25, 0.3) is 76.9 Å². The molecule has 0 aliphatic carbocycles. The Bertz CT molecular complexity index is 3000. The molecule has 7 aromatic carbocycles. The lowest BCUT2D eigenvalue weighted by atomic mass is 9.97. The minimum absolute atomic E-state index is 0.235. The van der Waals surface area contributed by atoms with Crippen LogP contribution in [0.4, 0.5) is 0 Å². The van der Waals surface area contributed by atoms with Gasteiger partial charge in [0.2, 0.25) is 0 Å². The number of fused-ring (bicyclic) bond motifs is 9. The number of hydrogen-bond acceptors (Lipinski definition) is 6. The third kappa shape index (κ3) is 4.43. The molecule has 0 saturated carbocycles. The molecule has 242 valence electrons. The first kappa shape index (κ1) is 28.2. The number of aliphatic imine (C=N–C) groups is 1. The summed E-state index contributed by atoms with van der Waals surface area (Å²) in [5.41, 5.74) is 10.4. The predicted molar refractivity (Wildman–Crippen MR) is 205 cm³/mol. The molecule has 0 saturated heterocycles. The van der Waals surface area contributed by atoms with Crippen molar-refractivity contribution in [2.75, 3.05) is 0 Å². The first-order valence-corrected chi connectivity index (χ1v) is 17.2. The Kier molecular flexibility index (Phi) is 6.05. The molecule has 0 bridgehead atoms. The van der Waals surface area contributed by atoms with E-state index >= 15 is 0 Å². The number of para-hydroxylation sites is 3. The molecule has 2 atom stereocenters. The smallest absolute Gasteiger partial charge is 0.143 e. The first-order chi connectivity index (χ1) is 25.2. The zero-order valence-corrected chi connectivity index (χ0v) is 27.3. The largest absolute Gasteiger partial charge is 0.456 e. The third-order valence-electron chi connectivity index (χ3n) is 10.2. The fourth-order valence-corrected chi connectivity index (χ4v) is 7.76. The average molecular weight is 660 g/mol. The molecule has 0 fully saturated rings. The molecule has 51 heavy (non-hydrogen) atoms. The molecule has 0 amide bonds. The Morgan fingerprint density at radius 3 is 2.00 bits per heavy atom. The van der Waals surface area contributed by atoms with Gasteiger partial charge in [0.25, 0.3) is 0 Å². The SMILES string of the molecule is c1ccc(C2=NC(c3ccc4oc5ccccc5c4c3)NC(c3ccc4c(c3)oc3cccc(-c5cccc6c5oc5ccccc56)c34)N2)cc1. The second-order valence-electron chi connectivity index (χ2n) is 13.2. The second kappa shape index (κ2) is 10.9. The van der Waals surface area contributed by atoms with E-state index in [1.54, 1.807) is 0 Å². The van der Waals surface area contributed by atoms with Crippen molar-refractivity contribution in [1.29, 1.82) is 0 Å². The maximum atomic E-state index is 6.59. The van der Waals surface area contributed by atoms with Crippen LogP contribution in [0.5, 0.6) is 0 Å². The second-order valence-corrected chi connectivity index (χ2v) is 13.2. The minimum Gasteiger partial charge on any atom is -0.456 e. The predicted octanol–water partition coefficient (Wildman–Crippen LogP) is 11.4. The highest BCUT2D eigenvalue weighted by Crippen LogP contribution is 2.42. The van der Waals surface area contributed by atoms with E-state index in [1.807, 2.05) is 60.7 Å². The fraction of sp³-hybridized carbons (Fsp3) is 0.0444. The quantitative estimate of drug-likeness (QED) is 0.197. The maximum Gasteiger partial charge on any atom is 0.143 e. The summed E-state index contributed by atoms with van der Waals surface area (Å²) in [7, 11) is 0. The van der Waals surface area contributed by atoms with Crippen LogP contribution >= 0.6 is 0 Å². The lowest BCUT2D eigenvalue weighted by molar-refractivity contribution is 0.409. The molecule has 0 spiro atoms. The van der Waals surface area contributed by atoms with Gasteiger partial charge in [-0.1, -0.05) is 115 Å². The van der Waals surface area contributed by atoms with Crippen LogP contribution in [0.2, 0.25) is 0 Å². The van der Waals surface area contributed by atoms with Gasteiger partial charge in [0, 0.05) is 43.4 Å². The number of amidine groups is 1. The molecule has 0 radical (unpaired) electrons. The monoisotopic (exact) mass is 659 g/mol. The summed E-state index contributed by atoms with van der Waals surface area (Å²) < 4.78 is 19.2. The number of hydrogen-bond donors (Lipinski definition) is 2. The van der Waals surface area contributed by atoms with Crippen molar-refractivity contribution in [3.8, 4) is 11.1 Å². The van der Waals surface area contributed by atoms with Crippen LogP contribution in [-0.4, -0.2) is 5.84 Å². The normalized spacial score (nSPS) is 16.4. The molecule has 6 nitrogen and oxygen atoms in total. The summed E-state index contributed by atoms with van der Waals surface area (Å²) >= 11 is 0. The van der Waals surface area contributed by atoms with Gasteiger partial charge >= 0.3 is 0 Å². The van der Waals surface area contributed by atoms with E-state index in [2.05, 4.69) is 102 Å². The lowest BCUT2D eigenvalue weighted by Gasteiger charge is -2.32. The lowest BCUT2D eigenvalue weighted by Crippen LogP contribution is -2.44. The van der Waals surface area contributed by atoms with Gasteiger partial charge in [-0.05, 0) is 53.1 Å². The van der Waals surface area contributed by atoms with Crippen LogP contribution < -0.4 is 10.6 Å². The number of nitrogens with zero attached hydrogens (tertiary/aromatic N) is 1. The van der Waals surface area contributed by atoms with E-state index in [9.17, 15) is 0 Å². The molecule has 2 unspecified atom stereocenters. The molecule has 1 aliphatic rings. The number of furan rings is 3. The molecule has 3 aromatic heterocycles. The van der Waals surface area contributed by atoms with E-state index in [0.717, 1.165) is 99.5 Å². The Morgan fingerprint density at radius 1 is 0.451 bits per heavy atom. The molecule has 4 heterocycles. The van der Waals surface area contributed by atoms with Crippen molar-refractivity contribution in [2.24, 2.45) is 4.99 Å². The highest BCUT2D eigenvalue weighted by Gasteiger charge is 2.27. The van der Waals surface area contributed by atoms with Crippen molar-refractivity contribution in [3.63, 3.8) is 0 Å². The van der Waals surface area contributed by atoms with Gasteiger partial charge in [0.05, 0.1) is 0 Å². The Labute approximate surface area is 291 Å². The van der Waals surface area contributed by atoms with Gasteiger partial charge < -0.3 is 18.6 Å². The van der Waals surface area contributed by atoms with Crippen LogP contribution in [0.1, 0.15) is 29.0 Å². The molecular formula is C45H29N3O3. The highest BCUT2D eigenvalue weighted by molar-refractivity contribution is 6.17. The number of benzene rings is 7. The molecule has 10 aromatic rings. The average Bonchev–Trinajstić information content (AvgIpc) is 3.88. The zero-order chi connectivity index (χ0) is 33.5. The summed E-state index contributed by atoms with van der Waals surface area (Å²) in [4.78, 5) is 5.18. The fourth-order valence-electron chi connectivity index (χ4n) is 7.76. The van der Waals surface area contributed by atoms with E-state index < -0.39 is 0 Å². The van der Waals surface area contributed by atoms with Crippen LogP contribution in [0, 0.1) is 0 Å². The molecule has 11 rings (SSSR count). The van der Waals surface area contributed by atoms with E-state index in [4.69, 9.17) is 18.2 Å². The summed E-state index contributed by atoms with van der Waals surface area (Å²) in [5, 5.41) is 14.0. The van der Waals surface area contributed by atoms with Gasteiger partial charge in [0.1, 0.15) is 51.7 Å². The standard InChI is InChI=1S/C45H29N3O3/c1-2-10-26(11-3-1)43-46-44(27-21-23-38-35(24-27)30-13-5-6-17-36(30)49-38)48-45(47-43)28-20-22-34-40(25-28)50-39-19-9-14-31(41(34)39)33-16-8-15-32-29-12-4-7-18-37(29)51-42(32)33/h1-25,44-45,48H,(H,46,47). The van der Waals surface area contributed by atoms with Crippen molar-refractivity contribution in [2.45, 2.75) is 12.3 Å². The topological polar surface area (TPSA) is 75.8 Å². The first-order valence-electron chi connectivity index (χ1n) is 17.2.